The van der Waals surface area contributed by atoms with E-state index in [-0.39, 0.29) is 17.8 Å². The first-order valence-electron chi connectivity index (χ1n) is 12.9. The maximum atomic E-state index is 13.7. The molecular formula is C29H30N6O3. The second-order valence-electron chi connectivity index (χ2n) is 9.63. The van der Waals surface area contributed by atoms with E-state index < -0.39 is 0 Å². The molecule has 0 radical (unpaired) electrons. The van der Waals surface area contributed by atoms with Crippen LogP contribution in [0.5, 0.6) is 5.75 Å². The standard InChI is InChI=1S/C29H30N6O3/c1-19(33-27-26-28(31-17-30-27)35(18-32-26)25-9-5-6-14-38-25)24-15-21-7-3-4-8-23(21)29(36)34(24)16-20-10-12-22(37-2)13-11-20/h3-4,7-8,10-13,15,17-19,25H,5-6,9,14,16H2,1-2H3,(H,30,31,33). The molecule has 2 unspecified atom stereocenters. The lowest BCUT2D eigenvalue weighted by Crippen LogP contribution is -2.27. The molecule has 3 aromatic heterocycles. The number of aromatic nitrogens is 5. The molecule has 0 bridgehead atoms. The molecule has 0 saturated carbocycles. The van der Waals surface area contributed by atoms with Crippen molar-refractivity contribution in [2.24, 2.45) is 0 Å². The Labute approximate surface area is 220 Å². The van der Waals surface area contributed by atoms with Crippen molar-refractivity contribution in [2.45, 2.75) is 45.0 Å². The third-order valence-corrected chi connectivity index (χ3v) is 7.17. The SMILES string of the molecule is COc1ccc(Cn2c(C(C)Nc3ncnc4c3ncn4C3CCCCO3)cc3ccccc3c2=O)cc1. The largest absolute Gasteiger partial charge is 0.497 e. The normalized spacial score (nSPS) is 16.5. The topological polar surface area (TPSA) is 96.1 Å². The minimum Gasteiger partial charge on any atom is -0.497 e. The second kappa shape index (κ2) is 10.3. The molecule has 0 aliphatic carbocycles. The number of pyridine rings is 1. The Balaban J connectivity index is 1.37. The van der Waals surface area contributed by atoms with E-state index in [0.29, 0.717) is 23.3 Å². The fourth-order valence-electron chi connectivity index (χ4n) is 5.14. The number of nitrogens with one attached hydrogen (secondary N) is 1. The van der Waals surface area contributed by atoms with Gasteiger partial charge in [0.25, 0.3) is 5.56 Å². The summed E-state index contributed by atoms with van der Waals surface area (Å²) in [6.45, 7) is 3.20. The molecule has 1 aliphatic heterocycles. The van der Waals surface area contributed by atoms with Gasteiger partial charge in [-0.2, -0.15) is 0 Å². The van der Waals surface area contributed by atoms with Crippen LogP contribution in [0.2, 0.25) is 0 Å². The van der Waals surface area contributed by atoms with E-state index >= 15 is 0 Å². The molecule has 2 aromatic carbocycles. The highest BCUT2D eigenvalue weighted by atomic mass is 16.5. The van der Waals surface area contributed by atoms with Crippen LogP contribution in [0.15, 0.2) is 72.0 Å². The molecule has 9 nitrogen and oxygen atoms in total. The molecule has 6 rings (SSSR count). The van der Waals surface area contributed by atoms with Crippen LogP contribution in [0.4, 0.5) is 5.82 Å². The number of methoxy groups -OCH3 is 1. The summed E-state index contributed by atoms with van der Waals surface area (Å²) in [5.41, 5.74) is 3.24. The predicted octanol–water partition coefficient (Wildman–Crippen LogP) is 5.07. The van der Waals surface area contributed by atoms with Gasteiger partial charge in [-0.05, 0) is 61.4 Å². The number of anilines is 1. The van der Waals surface area contributed by atoms with Crippen LogP contribution in [0.3, 0.4) is 0 Å². The maximum absolute atomic E-state index is 13.7. The van der Waals surface area contributed by atoms with Gasteiger partial charge in [0.15, 0.2) is 17.0 Å². The molecule has 4 heterocycles. The van der Waals surface area contributed by atoms with E-state index in [1.807, 2.05) is 64.6 Å². The summed E-state index contributed by atoms with van der Waals surface area (Å²) < 4.78 is 15.1. The summed E-state index contributed by atoms with van der Waals surface area (Å²) in [5.74, 6) is 1.40. The smallest absolute Gasteiger partial charge is 0.259 e. The van der Waals surface area contributed by atoms with E-state index in [1.54, 1.807) is 19.8 Å². The Morgan fingerprint density at radius 2 is 1.95 bits per heavy atom. The lowest BCUT2D eigenvalue weighted by atomic mass is 10.1. The Kier molecular flexibility index (Phi) is 6.51. The molecule has 1 N–H and O–H groups in total. The number of benzene rings is 2. The quantitative estimate of drug-likeness (QED) is 0.327. The van der Waals surface area contributed by atoms with Crippen molar-refractivity contribution in [1.82, 2.24) is 24.1 Å². The third-order valence-electron chi connectivity index (χ3n) is 7.17. The number of nitrogens with zero attached hydrogens (tertiary/aromatic N) is 5. The molecule has 0 spiro atoms. The zero-order valence-electron chi connectivity index (χ0n) is 21.5. The average molecular weight is 511 g/mol. The second-order valence-corrected chi connectivity index (χ2v) is 9.63. The molecular weight excluding hydrogens is 480 g/mol. The molecule has 1 fully saturated rings. The zero-order valence-corrected chi connectivity index (χ0v) is 21.5. The summed E-state index contributed by atoms with van der Waals surface area (Å²) in [6, 6.07) is 17.3. The van der Waals surface area contributed by atoms with Crippen molar-refractivity contribution >= 4 is 27.8 Å². The number of ether oxygens (including phenoxy) is 2. The molecule has 2 atom stereocenters. The Morgan fingerprint density at radius 3 is 2.74 bits per heavy atom. The van der Waals surface area contributed by atoms with Gasteiger partial charge < -0.3 is 19.4 Å². The van der Waals surface area contributed by atoms with Gasteiger partial charge in [0.05, 0.1) is 26.0 Å². The Bertz CT molecular complexity index is 1640. The molecule has 1 aliphatic rings. The highest BCUT2D eigenvalue weighted by molar-refractivity contribution is 5.84. The van der Waals surface area contributed by atoms with E-state index in [9.17, 15) is 4.79 Å². The number of rotatable bonds is 7. The minimum absolute atomic E-state index is 0.0332. The predicted molar refractivity (Wildman–Crippen MR) is 147 cm³/mol. The van der Waals surface area contributed by atoms with Crippen LogP contribution in [0.25, 0.3) is 21.9 Å². The zero-order chi connectivity index (χ0) is 26.1. The van der Waals surface area contributed by atoms with E-state index in [1.165, 1.54) is 0 Å². The summed E-state index contributed by atoms with van der Waals surface area (Å²) in [7, 11) is 1.64. The number of fused-ring (bicyclic) bond motifs is 2. The van der Waals surface area contributed by atoms with Gasteiger partial charge in [0.1, 0.15) is 18.3 Å². The van der Waals surface area contributed by atoms with Crippen molar-refractivity contribution in [3.63, 3.8) is 0 Å². The summed E-state index contributed by atoms with van der Waals surface area (Å²) in [5, 5.41) is 5.10. The lowest BCUT2D eigenvalue weighted by molar-refractivity contribution is -0.0298. The van der Waals surface area contributed by atoms with Crippen LogP contribution < -0.4 is 15.6 Å². The molecule has 38 heavy (non-hydrogen) atoms. The van der Waals surface area contributed by atoms with Gasteiger partial charge in [0, 0.05) is 17.7 Å². The highest BCUT2D eigenvalue weighted by Crippen LogP contribution is 2.29. The summed E-state index contributed by atoms with van der Waals surface area (Å²) >= 11 is 0. The molecule has 9 heteroatoms. The van der Waals surface area contributed by atoms with Gasteiger partial charge in [-0.25, -0.2) is 15.0 Å². The van der Waals surface area contributed by atoms with Crippen molar-refractivity contribution in [3.05, 3.63) is 88.9 Å². The van der Waals surface area contributed by atoms with Crippen LogP contribution in [0, 0.1) is 0 Å². The van der Waals surface area contributed by atoms with Crippen LogP contribution in [-0.2, 0) is 11.3 Å². The van der Waals surface area contributed by atoms with Gasteiger partial charge in [-0.15, -0.1) is 0 Å². The van der Waals surface area contributed by atoms with Crippen molar-refractivity contribution in [3.8, 4) is 5.75 Å². The summed E-state index contributed by atoms with van der Waals surface area (Å²) in [6.07, 6.45) is 6.38. The maximum Gasteiger partial charge on any atom is 0.259 e. The first-order chi connectivity index (χ1) is 18.6. The Hall–Kier alpha value is -4.24. The summed E-state index contributed by atoms with van der Waals surface area (Å²) in [4.78, 5) is 27.3. The van der Waals surface area contributed by atoms with E-state index in [4.69, 9.17) is 9.47 Å². The van der Waals surface area contributed by atoms with E-state index in [2.05, 4.69) is 26.3 Å². The fourth-order valence-corrected chi connectivity index (χ4v) is 5.14. The number of hydrogen-bond donors (Lipinski definition) is 1. The lowest BCUT2D eigenvalue weighted by Gasteiger charge is -2.24. The fraction of sp³-hybridized carbons (Fsp3) is 0.310. The number of hydrogen-bond acceptors (Lipinski definition) is 7. The van der Waals surface area contributed by atoms with Gasteiger partial charge in [-0.1, -0.05) is 30.3 Å². The number of imidazole rings is 1. The first kappa shape index (κ1) is 24.1. The van der Waals surface area contributed by atoms with Crippen LogP contribution in [-0.4, -0.2) is 37.8 Å². The van der Waals surface area contributed by atoms with Crippen molar-refractivity contribution in [2.75, 3.05) is 19.0 Å². The van der Waals surface area contributed by atoms with Crippen LogP contribution in [0.1, 0.15) is 49.7 Å². The van der Waals surface area contributed by atoms with Crippen molar-refractivity contribution < 1.29 is 9.47 Å². The highest BCUT2D eigenvalue weighted by Gasteiger charge is 2.22. The molecule has 1 saturated heterocycles. The Morgan fingerprint density at radius 1 is 1.11 bits per heavy atom. The van der Waals surface area contributed by atoms with Gasteiger partial charge in [0.2, 0.25) is 0 Å². The monoisotopic (exact) mass is 510 g/mol. The van der Waals surface area contributed by atoms with Crippen LogP contribution >= 0.6 is 0 Å². The van der Waals surface area contributed by atoms with Gasteiger partial charge >= 0.3 is 0 Å². The van der Waals surface area contributed by atoms with E-state index in [0.717, 1.165) is 53.9 Å². The molecule has 194 valence electrons. The average Bonchev–Trinajstić information content (AvgIpc) is 3.40. The molecule has 0 amide bonds. The van der Waals surface area contributed by atoms with Gasteiger partial charge in [-0.3, -0.25) is 9.36 Å². The third kappa shape index (κ3) is 4.50. The van der Waals surface area contributed by atoms with Crippen molar-refractivity contribution in [1.29, 1.82) is 0 Å². The minimum atomic E-state index is -0.236. The molecule has 5 aromatic rings. The first-order valence-corrected chi connectivity index (χ1v) is 12.9.